The summed E-state index contributed by atoms with van der Waals surface area (Å²) in [5.74, 6) is 0.610. The molecular formula is C17H21N3O2. The molecule has 0 spiro atoms. The summed E-state index contributed by atoms with van der Waals surface area (Å²) < 4.78 is 5.42. The van der Waals surface area contributed by atoms with Crippen molar-refractivity contribution < 1.29 is 9.53 Å². The number of likely N-dealkylation sites (N-methyl/N-ethyl adjacent to an activating group) is 1. The highest BCUT2D eigenvalue weighted by molar-refractivity contribution is 6.04. The van der Waals surface area contributed by atoms with Crippen LogP contribution in [0.5, 0.6) is 5.75 Å². The van der Waals surface area contributed by atoms with Crippen LogP contribution in [0.25, 0.3) is 0 Å². The van der Waals surface area contributed by atoms with E-state index in [-0.39, 0.29) is 5.91 Å². The molecule has 116 valence electrons. The number of anilines is 1. The maximum atomic E-state index is 12.3. The van der Waals surface area contributed by atoms with Crippen LogP contribution in [0.1, 0.15) is 15.9 Å². The molecule has 0 atom stereocenters. The van der Waals surface area contributed by atoms with Crippen LogP contribution in [0.4, 0.5) is 5.69 Å². The van der Waals surface area contributed by atoms with Gasteiger partial charge in [0.2, 0.25) is 0 Å². The van der Waals surface area contributed by atoms with Crippen LogP contribution >= 0.6 is 0 Å². The average molecular weight is 299 g/mol. The van der Waals surface area contributed by atoms with Gasteiger partial charge in [-0.2, -0.15) is 0 Å². The summed E-state index contributed by atoms with van der Waals surface area (Å²) >= 11 is 0. The highest BCUT2D eigenvalue weighted by Crippen LogP contribution is 2.27. The number of nitrogens with zero attached hydrogens (tertiary/aromatic N) is 2. The smallest absolute Gasteiger partial charge is 0.257 e. The van der Waals surface area contributed by atoms with E-state index in [4.69, 9.17) is 4.74 Å². The van der Waals surface area contributed by atoms with Gasteiger partial charge in [-0.05, 0) is 44.8 Å². The van der Waals surface area contributed by atoms with Crippen molar-refractivity contribution in [3.8, 4) is 5.75 Å². The molecule has 0 aliphatic carbocycles. The number of aromatic nitrogens is 1. The van der Waals surface area contributed by atoms with Gasteiger partial charge in [0.1, 0.15) is 5.75 Å². The van der Waals surface area contributed by atoms with Gasteiger partial charge in [0, 0.05) is 30.2 Å². The maximum Gasteiger partial charge on any atom is 0.257 e. The second-order valence-electron chi connectivity index (χ2n) is 5.24. The number of methoxy groups -OCH3 is 1. The predicted octanol–water partition coefficient (Wildman–Crippen LogP) is 2.45. The zero-order chi connectivity index (χ0) is 15.9. The first-order valence-electron chi connectivity index (χ1n) is 7.14. The van der Waals surface area contributed by atoms with Gasteiger partial charge in [0.15, 0.2) is 0 Å². The van der Waals surface area contributed by atoms with Gasteiger partial charge in [0.25, 0.3) is 5.91 Å². The second kappa shape index (κ2) is 7.56. The first kappa shape index (κ1) is 16.0. The summed E-state index contributed by atoms with van der Waals surface area (Å²) in [5, 5.41) is 2.95. The summed E-state index contributed by atoms with van der Waals surface area (Å²) in [6.45, 7) is 0.871. The lowest BCUT2D eigenvalue weighted by atomic mass is 10.1. The number of ether oxygens (including phenoxy) is 1. The van der Waals surface area contributed by atoms with Crippen molar-refractivity contribution in [2.45, 2.75) is 6.42 Å². The minimum absolute atomic E-state index is 0.174. The number of pyridine rings is 1. The van der Waals surface area contributed by atoms with Crippen LogP contribution in [-0.4, -0.2) is 43.5 Å². The number of hydrogen-bond donors (Lipinski definition) is 1. The Morgan fingerprint density at radius 3 is 2.73 bits per heavy atom. The Labute approximate surface area is 130 Å². The summed E-state index contributed by atoms with van der Waals surface area (Å²) in [7, 11) is 5.67. The van der Waals surface area contributed by atoms with E-state index in [0.29, 0.717) is 5.56 Å². The Balaban J connectivity index is 2.24. The largest absolute Gasteiger partial charge is 0.496 e. The Bertz CT molecular complexity index is 627. The molecule has 1 N–H and O–H groups in total. The Hall–Kier alpha value is -2.40. The van der Waals surface area contributed by atoms with Crippen molar-refractivity contribution in [1.82, 2.24) is 9.88 Å². The lowest BCUT2D eigenvalue weighted by Gasteiger charge is -2.17. The SMILES string of the molecule is COc1cccc(NC(=O)c2cccnc2)c1CCN(C)C. The molecule has 0 aliphatic rings. The molecule has 22 heavy (non-hydrogen) atoms. The monoisotopic (exact) mass is 299 g/mol. The maximum absolute atomic E-state index is 12.3. The molecule has 0 bridgehead atoms. The lowest BCUT2D eigenvalue weighted by Crippen LogP contribution is -2.18. The van der Waals surface area contributed by atoms with Gasteiger partial charge in [0.05, 0.1) is 12.7 Å². The van der Waals surface area contributed by atoms with Crippen LogP contribution in [0, 0.1) is 0 Å². The van der Waals surface area contributed by atoms with Crippen molar-refractivity contribution >= 4 is 11.6 Å². The highest BCUT2D eigenvalue weighted by atomic mass is 16.5. The van der Waals surface area contributed by atoms with E-state index in [1.165, 1.54) is 0 Å². The van der Waals surface area contributed by atoms with Crippen LogP contribution in [-0.2, 0) is 6.42 Å². The molecule has 0 radical (unpaired) electrons. The fourth-order valence-corrected chi connectivity index (χ4v) is 2.16. The Morgan fingerprint density at radius 2 is 2.09 bits per heavy atom. The standard InChI is InChI=1S/C17H21N3O2/c1-20(2)11-9-14-15(7-4-8-16(14)22-3)19-17(21)13-6-5-10-18-12-13/h4-8,10,12H,9,11H2,1-3H3,(H,19,21). The zero-order valence-corrected chi connectivity index (χ0v) is 13.2. The minimum Gasteiger partial charge on any atom is -0.496 e. The molecule has 0 saturated heterocycles. The van der Waals surface area contributed by atoms with E-state index in [1.54, 1.807) is 31.6 Å². The third kappa shape index (κ3) is 4.05. The highest BCUT2D eigenvalue weighted by Gasteiger charge is 2.13. The third-order valence-electron chi connectivity index (χ3n) is 3.33. The number of carbonyl (C=O) groups is 1. The van der Waals surface area contributed by atoms with E-state index in [1.807, 2.05) is 32.3 Å². The van der Waals surface area contributed by atoms with E-state index < -0.39 is 0 Å². The molecule has 2 rings (SSSR count). The summed E-state index contributed by atoms with van der Waals surface area (Å²) in [6.07, 6.45) is 3.99. The quantitative estimate of drug-likeness (QED) is 0.890. The van der Waals surface area contributed by atoms with E-state index in [2.05, 4.69) is 15.2 Å². The second-order valence-corrected chi connectivity index (χ2v) is 5.24. The van der Waals surface area contributed by atoms with E-state index in [0.717, 1.165) is 30.0 Å². The number of benzene rings is 1. The van der Waals surface area contributed by atoms with Crippen molar-refractivity contribution in [3.63, 3.8) is 0 Å². The molecule has 5 heteroatoms. The zero-order valence-electron chi connectivity index (χ0n) is 13.2. The molecule has 0 fully saturated rings. The van der Waals surface area contributed by atoms with Crippen LogP contribution in [0.15, 0.2) is 42.7 Å². The predicted molar refractivity (Wildman–Crippen MR) is 87.4 cm³/mol. The van der Waals surface area contributed by atoms with Crippen LogP contribution < -0.4 is 10.1 Å². The van der Waals surface area contributed by atoms with Gasteiger partial charge >= 0.3 is 0 Å². The van der Waals surface area contributed by atoms with Gasteiger partial charge in [-0.25, -0.2) is 0 Å². The molecular weight excluding hydrogens is 278 g/mol. The molecule has 0 unspecified atom stereocenters. The third-order valence-corrected chi connectivity index (χ3v) is 3.33. The molecule has 0 aliphatic heterocycles. The fourth-order valence-electron chi connectivity index (χ4n) is 2.16. The van der Waals surface area contributed by atoms with Gasteiger partial charge < -0.3 is 15.0 Å². The molecule has 1 heterocycles. The minimum atomic E-state index is -0.174. The van der Waals surface area contributed by atoms with E-state index in [9.17, 15) is 4.79 Å². The van der Waals surface area contributed by atoms with Crippen molar-refractivity contribution in [1.29, 1.82) is 0 Å². The number of carbonyl (C=O) groups excluding carboxylic acids is 1. The summed E-state index contributed by atoms with van der Waals surface area (Å²) in [4.78, 5) is 18.4. The number of amides is 1. The number of nitrogens with one attached hydrogen (secondary N) is 1. The molecule has 1 aromatic carbocycles. The lowest BCUT2D eigenvalue weighted by molar-refractivity contribution is 0.102. The number of hydrogen-bond acceptors (Lipinski definition) is 4. The fraction of sp³-hybridized carbons (Fsp3) is 0.294. The van der Waals surface area contributed by atoms with E-state index >= 15 is 0 Å². The van der Waals surface area contributed by atoms with Crippen LogP contribution in [0.2, 0.25) is 0 Å². The van der Waals surface area contributed by atoms with Gasteiger partial charge in [-0.1, -0.05) is 6.07 Å². The Kier molecular flexibility index (Phi) is 5.49. The van der Waals surface area contributed by atoms with Crippen molar-refractivity contribution in [2.75, 3.05) is 33.1 Å². The molecule has 2 aromatic rings. The van der Waals surface area contributed by atoms with Gasteiger partial charge in [-0.3, -0.25) is 9.78 Å². The van der Waals surface area contributed by atoms with Crippen molar-refractivity contribution in [3.05, 3.63) is 53.9 Å². The van der Waals surface area contributed by atoms with Crippen LogP contribution in [0.3, 0.4) is 0 Å². The topological polar surface area (TPSA) is 54.5 Å². The average Bonchev–Trinajstić information content (AvgIpc) is 2.54. The molecule has 5 nitrogen and oxygen atoms in total. The Morgan fingerprint density at radius 1 is 1.27 bits per heavy atom. The summed E-state index contributed by atoms with van der Waals surface area (Å²) in [5.41, 5.74) is 2.30. The normalized spacial score (nSPS) is 10.5. The van der Waals surface area contributed by atoms with Gasteiger partial charge in [-0.15, -0.1) is 0 Å². The van der Waals surface area contributed by atoms with Crippen molar-refractivity contribution in [2.24, 2.45) is 0 Å². The first-order valence-corrected chi connectivity index (χ1v) is 7.14. The number of rotatable bonds is 6. The molecule has 1 aromatic heterocycles. The molecule has 0 saturated carbocycles. The summed E-state index contributed by atoms with van der Waals surface area (Å²) in [6, 6.07) is 9.15. The molecule has 1 amide bonds. The first-order chi connectivity index (χ1) is 10.6.